The largest absolute Gasteiger partial charge is 0.381 e. The fourth-order valence-electron chi connectivity index (χ4n) is 0.807. The normalized spacial score (nSPS) is 14.7. The van der Waals surface area contributed by atoms with Gasteiger partial charge >= 0.3 is 12.3 Å². The molecule has 0 radical (unpaired) electrons. The first kappa shape index (κ1) is 13.2. The highest BCUT2D eigenvalue weighted by molar-refractivity contribution is 9.11. The van der Waals surface area contributed by atoms with Gasteiger partial charge in [-0.05, 0) is 22.0 Å². The molecule has 0 aliphatic carbocycles. The molecule has 1 unspecified atom stereocenters. The summed E-state index contributed by atoms with van der Waals surface area (Å²) >= 11 is 9.14. The van der Waals surface area contributed by atoms with Gasteiger partial charge < -0.3 is 5.11 Å². The molecule has 0 aliphatic rings. The van der Waals surface area contributed by atoms with Gasteiger partial charge in [0.15, 0.2) is 6.10 Å². The summed E-state index contributed by atoms with van der Waals surface area (Å²) in [5.41, 5.74) is 0. The quantitative estimate of drug-likeness (QED) is 0.829. The number of aliphatic hydroxyl groups is 1. The second-order valence-corrected chi connectivity index (χ2v) is 5.46. The number of alkyl halides is 4. The molecule has 8 heteroatoms. The Morgan fingerprint density at radius 3 is 2.33 bits per heavy atom. The molecule has 1 aromatic heterocycles. The lowest BCUT2D eigenvalue weighted by Crippen LogP contribution is -2.33. The van der Waals surface area contributed by atoms with Gasteiger partial charge in [-0.1, -0.05) is 11.6 Å². The van der Waals surface area contributed by atoms with Crippen molar-refractivity contribution >= 4 is 38.9 Å². The van der Waals surface area contributed by atoms with Crippen LogP contribution in [0.15, 0.2) is 9.85 Å². The van der Waals surface area contributed by atoms with Crippen molar-refractivity contribution in [3.8, 4) is 0 Å². The van der Waals surface area contributed by atoms with Gasteiger partial charge in [0, 0.05) is 4.88 Å². The molecular weight excluding hydrogens is 323 g/mol. The van der Waals surface area contributed by atoms with Gasteiger partial charge in [-0.2, -0.15) is 8.78 Å². The summed E-state index contributed by atoms with van der Waals surface area (Å²) < 4.78 is 49.6. The van der Waals surface area contributed by atoms with Crippen LogP contribution in [0, 0.1) is 0 Å². The topological polar surface area (TPSA) is 20.2 Å². The van der Waals surface area contributed by atoms with E-state index in [9.17, 15) is 17.6 Å². The van der Waals surface area contributed by atoms with Gasteiger partial charge in [0.25, 0.3) is 0 Å². The van der Waals surface area contributed by atoms with Gasteiger partial charge in [-0.3, -0.25) is 0 Å². The first-order chi connectivity index (χ1) is 6.76. The molecule has 0 saturated carbocycles. The van der Waals surface area contributed by atoms with Gasteiger partial charge in [-0.25, -0.2) is 8.78 Å². The molecule has 1 heterocycles. The van der Waals surface area contributed by atoms with E-state index in [2.05, 4.69) is 15.9 Å². The van der Waals surface area contributed by atoms with Crippen LogP contribution in [-0.2, 0) is 0 Å². The molecule has 0 aliphatic heterocycles. The van der Waals surface area contributed by atoms with E-state index in [0.717, 1.165) is 6.07 Å². The van der Waals surface area contributed by atoms with Crippen LogP contribution in [0.25, 0.3) is 0 Å². The molecule has 15 heavy (non-hydrogen) atoms. The number of thiophene rings is 1. The summed E-state index contributed by atoms with van der Waals surface area (Å²) in [5, 5.41) is 9.15. The number of aliphatic hydroxyl groups excluding tert-OH is 1. The van der Waals surface area contributed by atoms with E-state index >= 15 is 0 Å². The summed E-state index contributed by atoms with van der Waals surface area (Å²) in [5.74, 6) is -4.48. The second kappa shape index (κ2) is 4.57. The lowest BCUT2D eigenvalue weighted by atomic mass is 10.1. The zero-order valence-electron chi connectivity index (χ0n) is 6.86. The zero-order valence-corrected chi connectivity index (χ0v) is 10.0. The third kappa shape index (κ3) is 2.64. The molecule has 0 spiro atoms. The molecule has 0 bridgehead atoms. The van der Waals surface area contributed by atoms with E-state index < -0.39 is 18.5 Å². The molecule has 1 atom stereocenters. The highest BCUT2D eigenvalue weighted by Crippen LogP contribution is 2.42. The standard InChI is InChI=1S/C7H4BrClF4OS/c8-5-2(9)1-3(15-5)4(14)7(12,13)6(10)11/h1,4,6,14H. The highest BCUT2D eigenvalue weighted by atomic mass is 79.9. The van der Waals surface area contributed by atoms with Crippen LogP contribution in [0.3, 0.4) is 0 Å². The molecule has 1 N–H and O–H groups in total. The van der Waals surface area contributed by atoms with Crippen LogP contribution >= 0.6 is 38.9 Å². The van der Waals surface area contributed by atoms with Crippen molar-refractivity contribution in [2.45, 2.75) is 18.5 Å². The van der Waals surface area contributed by atoms with Crippen LogP contribution in [-0.4, -0.2) is 17.5 Å². The van der Waals surface area contributed by atoms with Crippen molar-refractivity contribution in [3.05, 3.63) is 19.8 Å². The van der Waals surface area contributed by atoms with Crippen molar-refractivity contribution in [1.82, 2.24) is 0 Å². The molecule has 0 fully saturated rings. The van der Waals surface area contributed by atoms with Gasteiger partial charge in [0.1, 0.15) is 0 Å². The first-order valence-electron chi connectivity index (χ1n) is 3.55. The fourth-order valence-corrected chi connectivity index (χ4v) is 2.59. The molecule has 0 aromatic carbocycles. The number of halogens is 6. The molecule has 0 amide bonds. The summed E-state index contributed by atoms with van der Waals surface area (Å²) in [6, 6.07) is 1.03. The Bertz CT molecular complexity index is 337. The lowest BCUT2D eigenvalue weighted by Gasteiger charge is -2.20. The van der Waals surface area contributed by atoms with E-state index in [-0.39, 0.29) is 9.90 Å². The molecule has 86 valence electrons. The molecular formula is C7H4BrClF4OS. The maximum atomic E-state index is 12.7. The van der Waals surface area contributed by atoms with Crippen molar-refractivity contribution in [2.24, 2.45) is 0 Å². The second-order valence-electron chi connectivity index (χ2n) is 2.65. The van der Waals surface area contributed by atoms with Crippen LogP contribution in [0.5, 0.6) is 0 Å². The van der Waals surface area contributed by atoms with Gasteiger partial charge in [-0.15, -0.1) is 11.3 Å². The van der Waals surface area contributed by atoms with Crippen molar-refractivity contribution in [2.75, 3.05) is 0 Å². The third-order valence-electron chi connectivity index (χ3n) is 1.59. The zero-order chi connectivity index (χ0) is 11.8. The Morgan fingerprint density at radius 1 is 1.47 bits per heavy atom. The Balaban J connectivity index is 2.99. The summed E-state index contributed by atoms with van der Waals surface area (Å²) in [4.78, 5) is -0.308. The number of hydrogen-bond acceptors (Lipinski definition) is 2. The van der Waals surface area contributed by atoms with E-state index in [1.807, 2.05) is 0 Å². The van der Waals surface area contributed by atoms with Gasteiger partial charge in [0.2, 0.25) is 0 Å². The summed E-state index contributed by atoms with van der Waals surface area (Å²) in [6.45, 7) is 0. The minimum absolute atomic E-state index is 0.0964. The van der Waals surface area contributed by atoms with Crippen molar-refractivity contribution in [1.29, 1.82) is 0 Å². The predicted octanol–water partition coefficient (Wildman–Crippen LogP) is 4.10. The van der Waals surface area contributed by atoms with E-state index in [1.165, 1.54) is 0 Å². The highest BCUT2D eigenvalue weighted by Gasteiger charge is 2.49. The Hall–Kier alpha value is 0.150. The molecule has 1 aromatic rings. The minimum atomic E-state index is -4.48. The van der Waals surface area contributed by atoms with Crippen LogP contribution < -0.4 is 0 Å². The van der Waals surface area contributed by atoms with Crippen molar-refractivity contribution < 1.29 is 22.7 Å². The van der Waals surface area contributed by atoms with E-state index in [4.69, 9.17) is 16.7 Å². The summed E-state index contributed by atoms with van der Waals surface area (Å²) in [7, 11) is 0. The van der Waals surface area contributed by atoms with Crippen LogP contribution in [0.4, 0.5) is 17.6 Å². The number of hydrogen-bond donors (Lipinski definition) is 1. The Kier molecular flexibility index (Phi) is 4.02. The van der Waals surface area contributed by atoms with E-state index in [0.29, 0.717) is 15.1 Å². The smallest absolute Gasteiger partial charge is 0.337 e. The number of rotatable bonds is 3. The third-order valence-corrected chi connectivity index (χ3v) is 4.12. The SMILES string of the molecule is OC(c1cc(Cl)c(Br)s1)C(F)(F)C(F)F. The average Bonchev–Trinajstić information content (AvgIpc) is 2.45. The minimum Gasteiger partial charge on any atom is -0.381 e. The Labute approximate surface area is 99.8 Å². The van der Waals surface area contributed by atoms with Crippen molar-refractivity contribution in [3.63, 3.8) is 0 Å². The molecule has 1 nitrogen and oxygen atoms in total. The van der Waals surface area contributed by atoms with Gasteiger partial charge in [0.05, 0.1) is 8.81 Å². The average molecular weight is 328 g/mol. The lowest BCUT2D eigenvalue weighted by molar-refractivity contribution is -0.192. The fraction of sp³-hybridized carbons (Fsp3) is 0.429. The molecule has 0 saturated heterocycles. The first-order valence-corrected chi connectivity index (χ1v) is 5.54. The van der Waals surface area contributed by atoms with Crippen LogP contribution in [0.1, 0.15) is 11.0 Å². The maximum absolute atomic E-state index is 12.7. The summed E-state index contributed by atoms with van der Waals surface area (Å²) in [6.07, 6.45) is -6.47. The Morgan fingerprint density at radius 2 is 2.00 bits per heavy atom. The molecule has 1 rings (SSSR count). The monoisotopic (exact) mass is 326 g/mol. The maximum Gasteiger partial charge on any atom is 0.337 e. The van der Waals surface area contributed by atoms with E-state index in [1.54, 1.807) is 0 Å². The predicted molar refractivity (Wildman–Crippen MR) is 52.9 cm³/mol. The van der Waals surface area contributed by atoms with Crippen LogP contribution in [0.2, 0.25) is 5.02 Å².